The first kappa shape index (κ1) is 17.6. The average Bonchev–Trinajstić information content (AvgIpc) is 2.96. The number of halogens is 1. The number of aromatic nitrogens is 1. The third-order valence-corrected chi connectivity index (χ3v) is 5.84. The maximum atomic E-state index is 12.9. The first-order valence-corrected chi connectivity index (χ1v) is 9.59. The number of nitrogens with one attached hydrogen (secondary N) is 1. The highest BCUT2D eigenvalue weighted by Gasteiger charge is 2.11. The van der Waals surface area contributed by atoms with Gasteiger partial charge < -0.3 is 5.32 Å². The SMILES string of the molecule is Cc1nc(SCC(=O)Nc2ccc(F)cc2)sc1Cc1ccccc1. The van der Waals surface area contributed by atoms with Gasteiger partial charge in [0, 0.05) is 17.0 Å². The second kappa shape index (κ2) is 8.27. The summed E-state index contributed by atoms with van der Waals surface area (Å²) in [5.74, 6) is -0.180. The average molecular weight is 372 g/mol. The molecule has 0 unspecified atom stereocenters. The van der Waals surface area contributed by atoms with Crippen LogP contribution < -0.4 is 5.32 Å². The first-order valence-electron chi connectivity index (χ1n) is 7.78. The summed E-state index contributed by atoms with van der Waals surface area (Å²) >= 11 is 3.04. The number of amides is 1. The summed E-state index contributed by atoms with van der Waals surface area (Å²) < 4.78 is 13.8. The molecule has 0 aliphatic carbocycles. The highest BCUT2D eigenvalue weighted by molar-refractivity contribution is 8.01. The number of aryl methyl sites for hydroxylation is 1. The molecule has 0 radical (unpaired) electrons. The number of hydrogen-bond acceptors (Lipinski definition) is 4. The van der Waals surface area contributed by atoms with Crippen molar-refractivity contribution >= 4 is 34.7 Å². The van der Waals surface area contributed by atoms with Crippen LogP contribution in [0.25, 0.3) is 0 Å². The molecule has 1 aromatic heterocycles. The van der Waals surface area contributed by atoms with Crippen molar-refractivity contribution in [3.05, 3.63) is 76.5 Å². The lowest BCUT2D eigenvalue weighted by Crippen LogP contribution is -2.13. The molecule has 2 aromatic carbocycles. The van der Waals surface area contributed by atoms with E-state index in [4.69, 9.17) is 0 Å². The summed E-state index contributed by atoms with van der Waals surface area (Å²) in [5.41, 5.74) is 2.85. The van der Waals surface area contributed by atoms with E-state index in [0.29, 0.717) is 5.69 Å². The van der Waals surface area contributed by atoms with Crippen LogP contribution in [0.2, 0.25) is 0 Å². The molecular formula is C19H17FN2OS2. The van der Waals surface area contributed by atoms with Gasteiger partial charge in [0.25, 0.3) is 0 Å². The Bertz CT molecular complexity index is 848. The Labute approximate surface area is 154 Å². The standard InChI is InChI=1S/C19H17FN2OS2/c1-13-17(11-14-5-3-2-4-6-14)25-19(21-13)24-12-18(23)22-16-9-7-15(20)8-10-16/h2-10H,11-12H2,1H3,(H,22,23). The summed E-state index contributed by atoms with van der Waals surface area (Å²) in [6.45, 7) is 2.00. The Kier molecular flexibility index (Phi) is 5.83. The number of thioether (sulfide) groups is 1. The summed E-state index contributed by atoms with van der Waals surface area (Å²) in [6.07, 6.45) is 0.854. The van der Waals surface area contributed by atoms with Gasteiger partial charge in [0.1, 0.15) is 5.82 Å². The number of hydrogen-bond donors (Lipinski definition) is 1. The molecule has 0 aliphatic rings. The van der Waals surface area contributed by atoms with Gasteiger partial charge in [0.15, 0.2) is 4.34 Å². The van der Waals surface area contributed by atoms with E-state index in [1.807, 2.05) is 25.1 Å². The number of anilines is 1. The molecule has 0 bridgehead atoms. The molecule has 128 valence electrons. The van der Waals surface area contributed by atoms with Crippen LogP contribution in [0.3, 0.4) is 0 Å². The van der Waals surface area contributed by atoms with Gasteiger partial charge in [0.05, 0.1) is 11.4 Å². The van der Waals surface area contributed by atoms with Gasteiger partial charge in [-0.2, -0.15) is 0 Å². The molecule has 1 amide bonds. The number of nitrogens with zero attached hydrogens (tertiary/aromatic N) is 1. The summed E-state index contributed by atoms with van der Waals surface area (Å²) in [4.78, 5) is 17.8. The highest BCUT2D eigenvalue weighted by Crippen LogP contribution is 2.29. The first-order chi connectivity index (χ1) is 12.1. The number of carbonyl (C=O) groups excluding carboxylic acids is 1. The number of rotatable bonds is 6. The fourth-order valence-electron chi connectivity index (χ4n) is 2.27. The molecule has 0 spiro atoms. The van der Waals surface area contributed by atoms with Crippen LogP contribution >= 0.6 is 23.1 Å². The molecule has 0 fully saturated rings. The predicted molar refractivity (Wildman–Crippen MR) is 102 cm³/mol. The molecule has 0 saturated carbocycles. The molecule has 3 rings (SSSR count). The lowest BCUT2D eigenvalue weighted by Gasteiger charge is -2.03. The molecule has 0 saturated heterocycles. The summed E-state index contributed by atoms with van der Waals surface area (Å²) in [6, 6.07) is 16.0. The van der Waals surface area contributed by atoms with Crippen LogP contribution in [-0.4, -0.2) is 16.6 Å². The Morgan fingerprint density at radius 3 is 2.60 bits per heavy atom. The van der Waals surface area contributed by atoms with Crippen molar-refractivity contribution in [2.75, 3.05) is 11.1 Å². The van der Waals surface area contributed by atoms with Crippen molar-refractivity contribution in [2.45, 2.75) is 17.7 Å². The van der Waals surface area contributed by atoms with E-state index in [2.05, 4.69) is 22.4 Å². The largest absolute Gasteiger partial charge is 0.325 e. The minimum absolute atomic E-state index is 0.130. The molecule has 25 heavy (non-hydrogen) atoms. The Balaban J connectivity index is 1.55. The predicted octanol–water partition coefficient (Wildman–Crippen LogP) is 4.91. The Hall–Kier alpha value is -2.18. The fourth-order valence-corrected chi connectivity index (χ4v) is 4.33. The van der Waals surface area contributed by atoms with Gasteiger partial charge in [-0.25, -0.2) is 9.37 Å². The van der Waals surface area contributed by atoms with E-state index in [-0.39, 0.29) is 17.5 Å². The van der Waals surface area contributed by atoms with Gasteiger partial charge in [-0.1, -0.05) is 42.1 Å². The number of benzene rings is 2. The van der Waals surface area contributed by atoms with Crippen LogP contribution in [0.4, 0.5) is 10.1 Å². The molecular weight excluding hydrogens is 355 g/mol. The third-order valence-electron chi connectivity index (χ3n) is 3.54. The van der Waals surface area contributed by atoms with Crippen LogP contribution in [0.5, 0.6) is 0 Å². The van der Waals surface area contributed by atoms with Gasteiger partial charge in [-0.05, 0) is 36.8 Å². The van der Waals surface area contributed by atoms with Crippen molar-refractivity contribution in [3.8, 4) is 0 Å². The highest BCUT2D eigenvalue weighted by atomic mass is 32.2. The molecule has 6 heteroatoms. The van der Waals surface area contributed by atoms with Crippen molar-refractivity contribution < 1.29 is 9.18 Å². The maximum absolute atomic E-state index is 12.9. The maximum Gasteiger partial charge on any atom is 0.234 e. The van der Waals surface area contributed by atoms with Gasteiger partial charge in [-0.3, -0.25) is 4.79 Å². The minimum Gasteiger partial charge on any atom is -0.325 e. The topological polar surface area (TPSA) is 42.0 Å². The van der Waals surface area contributed by atoms with E-state index in [9.17, 15) is 9.18 Å². The molecule has 3 nitrogen and oxygen atoms in total. The van der Waals surface area contributed by atoms with E-state index < -0.39 is 0 Å². The Morgan fingerprint density at radius 2 is 1.88 bits per heavy atom. The fraction of sp³-hybridized carbons (Fsp3) is 0.158. The molecule has 1 heterocycles. The van der Waals surface area contributed by atoms with Crippen molar-refractivity contribution in [1.29, 1.82) is 0 Å². The molecule has 3 aromatic rings. The van der Waals surface area contributed by atoms with E-state index in [1.165, 1.54) is 34.3 Å². The lowest BCUT2D eigenvalue weighted by molar-refractivity contribution is -0.113. The minimum atomic E-state index is -0.323. The normalized spacial score (nSPS) is 10.6. The zero-order valence-corrected chi connectivity index (χ0v) is 15.3. The number of thiazole rings is 1. The van der Waals surface area contributed by atoms with E-state index in [1.54, 1.807) is 23.5 Å². The second-order valence-corrected chi connectivity index (χ2v) is 7.80. The quantitative estimate of drug-likeness (QED) is 0.625. The van der Waals surface area contributed by atoms with Crippen LogP contribution in [0.1, 0.15) is 16.1 Å². The molecule has 1 N–H and O–H groups in total. The van der Waals surface area contributed by atoms with Crippen LogP contribution in [0, 0.1) is 12.7 Å². The zero-order chi connectivity index (χ0) is 17.6. The summed E-state index contributed by atoms with van der Waals surface area (Å²) in [7, 11) is 0. The van der Waals surface area contributed by atoms with Crippen molar-refractivity contribution in [2.24, 2.45) is 0 Å². The molecule has 0 atom stereocenters. The van der Waals surface area contributed by atoms with E-state index >= 15 is 0 Å². The Morgan fingerprint density at radius 1 is 1.16 bits per heavy atom. The van der Waals surface area contributed by atoms with Crippen LogP contribution in [-0.2, 0) is 11.2 Å². The molecule has 0 aliphatic heterocycles. The lowest BCUT2D eigenvalue weighted by atomic mass is 10.1. The monoisotopic (exact) mass is 372 g/mol. The number of carbonyl (C=O) groups is 1. The smallest absolute Gasteiger partial charge is 0.234 e. The second-order valence-electron chi connectivity index (χ2n) is 5.49. The van der Waals surface area contributed by atoms with E-state index in [0.717, 1.165) is 16.5 Å². The van der Waals surface area contributed by atoms with Gasteiger partial charge in [-0.15, -0.1) is 11.3 Å². The van der Waals surface area contributed by atoms with Crippen molar-refractivity contribution in [1.82, 2.24) is 4.98 Å². The van der Waals surface area contributed by atoms with Gasteiger partial charge in [0.2, 0.25) is 5.91 Å². The third kappa shape index (κ3) is 5.14. The zero-order valence-electron chi connectivity index (χ0n) is 13.7. The summed E-state index contributed by atoms with van der Waals surface area (Å²) in [5, 5.41) is 2.75. The van der Waals surface area contributed by atoms with Crippen LogP contribution in [0.15, 0.2) is 58.9 Å². The van der Waals surface area contributed by atoms with Gasteiger partial charge >= 0.3 is 0 Å². The van der Waals surface area contributed by atoms with Crippen molar-refractivity contribution in [3.63, 3.8) is 0 Å².